The molecule has 0 heterocycles. The zero-order valence-electron chi connectivity index (χ0n) is 14.1. The molecule has 2 nitrogen and oxygen atoms in total. The normalized spacial score (nSPS) is 30.7. The Morgan fingerprint density at radius 1 is 1.22 bits per heavy atom. The average Bonchev–Trinajstić information content (AvgIpc) is 3.27. The van der Waals surface area contributed by atoms with Crippen molar-refractivity contribution in [1.82, 2.24) is 3.80 Å². The van der Waals surface area contributed by atoms with Crippen molar-refractivity contribution in [3.63, 3.8) is 0 Å². The molecule has 0 aliphatic heterocycles. The fourth-order valence-corrected chi connectivity index (χ4v) is 14.8. The molecule has 23 heavy (non-hydrogen) atoms. The zero-order chi connectivity index (χ0) is 16.0. The van der Waals surface area contributed by atoms with Crippen molar-refractivity contribution in [2.24, 2.45) is 17.8 Å². The first-order valence-corrected chi connectivity index (χ1v) is 16.4. The van der Waals surface area contributed by atoms with Gasteiger partial charge in [-0.05, 0) is 0 Å². The number of rotatable bonds is 4. The number of hydrogen-bond acceptors (Lipinski definition) is 1. The van der Waals surface area contributed by atoms with Crippen LogP contribution < -0.4 is 3.80 Å². The molecule has 1 N–H and O–H groups in total. The molecule has 121 valence electrons. The van der Waals surface area contributed by atoms with Crippen LogP contribution in [0.5, 0.6) is 0 Å². The van der Waals surface area contributed by atoms with Crippen molar-refractivity contribution in [3.05, 3.63) is 41.5 Å². The minimum absolute atomic E-state index is 0.338. The van der Waals surface area contributed by atoms with E-state index >= 15 is 0 Å². The van der Waals surface area contributed by atoms with Gasteiger partial charge in [-0.2, -0.15) is 0 Å². The van der Waals surface area contributed by atoms with Gasteiger partial charge in [0.2, 0.25) is 0 Å². The van der Waals surface area contributed by atoms with E-state index in [2.05, 4.69) is 53.3 Å². The second kappa shape index (κ2) is 6.34. The minimum atomic E-state index is -1.60. The van der Waals surface area contributed by atoms with Gasteiger partial charge in [-0.3, -0.25) is 0 Å². The summed E-state index contributed by atoms with van der Waals surface area (Å²) in [5, 5.41) is 0. The zero-order valence-corrected chi connectivity index (χ0v) is 16.8. The summed E-state index contributed by atoms with van der Waals surface area (Å²) < 4.78 is 4.21. The average molecular weight is 360 g/mol. The molecule has 0 radical (unpaired) electrons. The fourth-order valence-electron chi connectivity index (χ4n) is 4.90. The van der Waals surface area contributed by atoms with Crippen molar-refractivity contribution in [1.29, 1.82) is 0 Å². The molecule has 3 aliphatic rings. The third-order valence-electron chi connectivity index (χ3n) is 6.10. The second-order valence-corrected chi connectivity index (χ2v) is 20.9. The summed E-state index contributed by atoms with van der Waals surface area (Å²) in [5.41, 5.74) is 2.84. The van der Waals surface area contributed by atoms with Gasteiger partial charge in [0.25, 0.3) is 0 Å². The first kappa shape index (κ1) is 15.9. The van der Waals surface area contributed by atoms with E-state index in [1.807, 2.05) is 0 Å². The van der Waals surface area contributed by atoms with Crippen LogP contribution >= 0.6 is 0 Å². The molecule has 0 saturated heterocycles. The van der Waals surface area contributed by atoms with E-state index in [-0.39, 0.29) is 0 Å². The number of carbonyl (C=O) groups is 1. The molecule has 4 unspecified atom stereocenters. The van der Waals surface area contributed by atoms with Gasteiger partial charge >= 0.3 is 147 Å². The number of nitrogens with one attached hydrogen (secondary N) is 1. The Hall–Kier alpha value is -0.639. The van der Waals surface area contributed by atoms with Crippen LogP contribution in [-0.2, 0) is 22.2 Å². The first-order valence-electron chi connectivity index (χ1n) is 9.08. The maximum absolute atomic E-state index is 12.9. The molecule has 2 saturated carbocycles. The Kier molecular flexibility index (Phi) is 4.38. The summed E-state index contributed by atoms with van der Waals surface area (Å²) in [6, 6.07) is 8.75. The summed E-state index contributed by atoms with van der Waals surface area (Å²) in [4.78, 5) is 12.9. The molecule has 0 spiro atoms. The summed E-state index contributed by atoms with van der Waals surface area (Å²) in [6.45, 7) is 4.04. The van der Waals surface area contributed by atoms with Crippen molar-refractivity contribution in [2.45, 2.75) is 43.0 Å². The standard InChI is InChI=1S/C9H7.C8H13NO.C2H7Si.Ti/c1-2-5-9-7-3-6-8(9)4-1;9-8(10)7-4-5-1-2-6(7)3-5;1-3-2;/h1-7H;5-7H,1-4H2,(H2,9,10);3H,1-2H3;/q;;;+1/p-1. The van der Waals surface area contributed by atoms with Gasteiger partial charge in [-0.25, -0.2) is 0 Å². The first-order chi connectivity index (χ1) is 11.1. The third kappa shape index (κ3) is 2.92. The Balaban J connectivity index is 1.51. The number of carbonyl (C=O) groups excluding carboxylic acids is 1. The SMILES string of the molecule is C[SiH](C)[Ti]([NH]C(=O)C1CC2CCC1C2)[CH]1C=Cc2ccccc21. The Morgan fingerprint density at radius 3 is 2.74 bits per heavy atom. The van der Waals surface area contributed by atoms with E-state index in [0.717, 1.165) is 5.92 Å². The topological polar surface area (TPSA) is 29.1 Å². The van der Waals surface area contributed by atoms with Crippen LogP contribution in [0.1, 0.15) is 41.0 Å². The molecule has 1 amide bonds. The van der Waals surface area contributed by atoms with E-state index in [4.69, 9.17) is 0 Å². The van der Waals surface area contributed by atoms with Gasteiger partial charge in [0.1, 0.15) is 0 Å². The molecule has 2 bridgehead atoms. The second-order valence-electron chi connectivity index (χ2n) is 7.85. The van der Waals surface area contributed by atoms with Crippen molar-refractivity contribution in [2.75, 3.05) is 0 Å². The van der Waals surface area contributed by atoms with Crippen molar-refractivity contribution in [3.8, 4) is 0 Å². The number of benzene rings is 1. The Bertz CT molecular complexity index is 644. The van der Waals surface area contributed by atoms with Crippen LogP contribution in [0, 0.1) is 17.8 Å². The molecular weight excluding hydrogens is 334 g/mol. The molecule has 4 rings (SSSR count). The summed E-state index contributed by atoms with van der Waals surface area (Å²) in [5.74, 6) is 2.30. The van der Waals surface area contributed by atoms with Crippen molar-refractivity contribution >= 4 is 18.6 Å². The molecule has 4 atom stereocenters. The van der Waals surface area contributed by atoms with E-state index in [1.165, 1.54) is 36.8 Å². The number of fused-ring (bicyclic) bond motifs is 3. The van der Waals surface area contributed by atoms with E-state index in [0.29, 0.717) is 22.0 Å². The van der Waals surface area contributed by atoms with Gasteiger partial charge < -0.3 is 0 Å². The molecule has 0 aromatic heterocycles. The van der Waals surface area contributed by atoms with Crippen molar-refractivity contribution < 1.29 is 22.2 Å². The number of amides is 1. The van der Waals surface area contributed by atoms with Crippen LogP contribution in [0.25, 0.3) is 6.08 Å². The summed E-state index contributed by atoms with van der Waals surface area (Å²) in [7, 11) is 0. The number of allylic oxidation sites excluding steroid dienone is 1. The predicted molar refractivity (Wildman–Crippen MR) is 94.2 cm³/mol. The van der Waals surface area contributed by atoms with Gasteiger partial charge in [0.15, 0.2) is 0 Å². The Labute approximate surface area is 146 Å². The molecule has 4 heteroatoms. The Morgan fingerprint density at radius 2 is 2.04 bits per heavy atom. The van der Waals surface area contributed by atoms with Gasteiger partial charge in [0.05, 0.1) is 0 Å². The summed E-state index contributed by atoms with van der Waals surface area (Å²) in [6.07, 6.45) is 9.80. The van der Waals surface area contributed by atoms with Crippen LogP contribution in [0.4, 0.5) is 0 Å². The van der Waals surface area contributed by atoms with Gasteiger partial charge in [0, 0.05) is 0 Å². The molecule has 3 aliphatic carbocycles. The molecule has 1 aromatic carbocycles. The third-order valence-corrected chi connectivity index (χ3v) is 17.9. The van der Waals surface area contributed by atoms with E-state index in [9.17, 15) is 4.79 Å². The van der Waals surface area contributed by atoms with Gasteiger partial charge in [-0.1, -0.05) is 0 Å². The molecular formula is C19H26NOSiTi. The molecule has 1 aromatic rings. The monoisotopic (exact) mass is 360 g/mol. The van der Waals surface area contributed by atoms with Gasteiger partial charge in [-0.15, -0.1) is 0 Å². The molecule has 2 fully saturated rings. The van der Waals surface area contributed by atoms with E-state index in [1.54, 1.807) is 0 Å². The number of hydrogen-bond donors (Lipinski definition) is 1. The van der Waals surface area contributed by atoms with E-state index < -0.39 is 24.0 Å². The fraction of sp³-hybridized carbons (Fsp3) is 0.526. The van der Waals surface area contributed by atoms with Crippen LogP contribution in [0.3, 0.4) is 0 Å². The summed E-state index contributed by atoms with van der Waals surface area (Å²) >= 11 is -1.60. The quantitative estimate of drug-likeness (QED) is 0.813. The predicted octanol–water partition coefficient (Wildman–Crippen LogP) is 3.82. The van der Waals surface area contributed by atoms with Crippen LogP contribution in [0.2, 0.25) is 13.1 Å². The van der Waals surface area contributed by atoms with Crippen LogP contribution in [0.15, 0.2) is 30.3 Å². The van der Waals surface area contributed by atoms with Crippen LogP contribution in [-0.4, -0.2) is 12.6 Å². The maximum atomic E-state index is 12.9.